The summed E-state index contributed by atoms with van der Waals surface area (Å²) in [6, 6.07) is 0. The molecule has 3 N–H and O–H groups in total. The van der Waals surface area contributed by atoms with E-state index in [1.807, 2.05) is 0 Å². The predicted molar refractivity (Wildman–Crippen MR) is 71.0 cm³/mol. The second-order valence-corrected chi connectivity index (χ2v) is 5.19. The van der Waals surface area contributed by atoms with E-state index in [2.05, 4.69) is 29.1 Å². The number of nitrogens with two attached hydrogens (primary N) is 1. The molecule has 0 saturated heterocycles. The van der Waals surface area contributed by atoms with E-state index in [0.29, 0.717) is 11.7 Å². The van der Waals surface area contributed by atoms with E-state index < -0.39 is 0 Å². The zero-order chi connectivity index (χ0) is 12.3. The predicted octanol–water partition coefficient (Wildman–Crippen LogP) is 2.78. The normalized spacial score (nSPS) is 15.2. The summed E-state index contributed by atoms with van der Waals surface area (Å²) < 4.78 is 0. The number of nitrogen functional groups attached to an aromatic ring is 1. The van der Waals surface area contributed by atoms with E-state index in [1.54, 1.807) is 0 Å². The number of hydrogen-bond donors (Lipinski definition) is 2. The van der Waals surface area contributed by atoms with Gasteiger partial charge in [0.2, 0.25) is 0 Å². The van der Waals surface area contributed by atoms with Gasteiger partial charge in [0.05, 0.1) is 0 Å². The van der Waals surface area contributed by atoms with Crippen molar-refractivity contribution in [1.82, 2.24) is 9.97 Å². The molecule has 1 aromatic heterocycles. The SMILES string of the molecule is CC(C)c1c(N)ncnc1NCCCC1CC1. The molecule has 1 aliphatic rings. The van der Waals surface area contributed by atoms with Gasteiger partial charge in [-0.1, -0.05) is 26.7 Å². The molecule has 4 nitrogen and oxygen atoms in total. The molecule has 0 spiro atoms. The van der Waals surface area contributed by atoms with Gasteiger partial charge < -0.3 is 11.1 Å². The molecule has 0 unspecified atom stereocenters. The maximum absolute atomic E-state index is 5.89. The van der Waals surface area contributed by atoms with E-state index in [4.69, 9.17) is 5.73 Å². The molecule has 1 aliphatic carbocycles. The van der Waals surface area contributed by atoms with Gasteiger partial charge in [-0.3, -0.25) is 0 Å². The third-order valence-electron chi connectivity index (χ3n) is 3.27. The highest BCUT2D eigenvalue weighted by molar-refractivity contribution is 5.56. The van der Waals surface area contributed by atoms with Crippen molar-refractivity contribution < 1.29 is 0 Å². The number of hydrogen-bond acceptors (Lipinski definition) is 4. The molecule has 1 aromatic rings. The van der Waals surface area contributed by atoms with Crippen LogP contribution in [0.5, 0.6) is 0 Å². The van der Waals surface area contributed by atoms with Gasteiger partial charge in [-0.25, -0.2) is 9.97 Å². The zero-order valence-corrected chi connectivity index (χ0v) is 10.7. The Morgan fingerprint density at radius 1 is 1.41 bits per heavy atom. The van der Waals surface area contributed by atoms with Crippen molar-refractivity contribution in [2.24, 2.45) is 5.92 Å². The summed E-state index contributed by atoms with van der Waals surface area (Å²) in [5.74, 6) is 2.85. The molecule has 1 fully saturated rings. The van der Waals surface area contributed by atoms with Crippen molar-refractivity contribution in [1.29, 1.82) is 0 Å². The highest BCUT2D eigenvalue weighted by atomic mass is 15.0. The minimum atomic E-state index is 0.349. The topological polar surface area (TPSA) is 63.8 Å². The number of nitrogens with one attached hydrogen (secondary N) is 1. The van der Waals surface area contributed by atoms with Crippen molar-refractivity contribution in [2.75, 3.05) is 17.6 Å². The lowest BCUT2D eigenvalue weighted by Gasteiger charge is -2.14. The van der Waals surface area contributed by atoms with E-state index in [1.165, 1.54) is 32.0 Å². The Morgan fingerprint density at radius 2 is 2.18 bits per heavy atom. The second kappa shape index (κ2) is 5.34. The molecular weight excluding hydrogens is 212 g/mol. The Labute approximate surface area is 103 Å². The number of nitrogens with zero attached hydrogens (tertiary/aromatic N) is 2. The number of rotatable bonds is 6. The summed E-state index contributed by atoms with van der Waals surface area (Å²) in [6.07, 6.45) is 6.94. The van der Waals surface area contributed by atoms with Crippen LogP contribution in [0.15, 0.2) is 6.33 Å². The Bertz CT molecular complexity index is 372. The van der Waals surface area contributed by atoms with Gasteiger partial charge in [0, 0.05) is 12.1 Å². The van der Waals surface area contributed by atoms with Crippen LogP contribution < -0.4 is 11.1 Å². The lowest BCUT2D eigenvalue weighted by Crippen LogP contribution is -2.10. The molecule has 0 aliphatic heterocycles. The molecule has 0 radical (unpaired) electrons. The van der Waals surface area contributed by atoms with Crippen LogP contribution >= 0.6 is 0 Å². The third kappa shape index (κ3) is 3.32. The van der Waals surface area contributed by atoms with Crippen LogP contribution in [0.1, 0.15) is 51.0 Å². The Kier molecular flexibility index (Phi) is 3.82. The largest absolute Gasteiger partial charge is 0.383 e. The van der Waals surface area contributed by atoms with Crippen molar-refractivity contribution in [3.05, 3.63) is 11.9 Å². The van der Waals surface area contributed by atoms with Gasteiger partial charge in [0.1, 0.15) is 18.0 Å². The standard InChI is InChI=1S/C13H22N4/c1-9(2)11-12(14)16-8-17-13(11)15-7-3-4-10-5-6-10/h8-10H,3-7H2,1-2H3,(H3,14,15,16,17). The Hall–Kier alpha value is -1.32. The molecular formula is C13H22N4. The Balaban J connectivity index is 1.91. The smallest absolute Gasteiger partial charge is 0.134 e. The maximum Gasteiger partial charge on any atom is 0.134 e. The molecule has 2 rings (SSSR count). The van der Waals surface area contributed by atoms with Crippen molar-refractivity contribution in [3.8, 4) is 0 Å². The molecule has 0 amide bonds. The monoisotopic (exact) mass is 234 g/mol. The number of anilines is 2. The van der Waals surface area contributed by atoms with Crippen LogP contribution in [0.25, 0.3) is 0 Å². The quantitative estimate of drug-likeness (QED) is 0.743. The first-order chi connectivity index (χ1) is 8.18. The minimum absolute atomic E-state index is 0.349. The van der Waals surface area contributed by atoms with Crippen molar-refractivity contribution >= 4 is 11.6 Å². The first-order valence-corrected chi connectivity index (χ1v) is 6.52. The summed E-state index contributed by atoms with van der Waals surface area (Å²) in [4.78, 5) is 8.35. The summed E-state index contributed by atoms with van der Waals surface area (Å²) in [5, 5.41) is 3.39. The summed E-state index contributed by atoms with van der Waals surface area (Å²) in [7, 11) is 0. The molecule has 1 heterocycles. The van der Waals surface area contributed by atoms with Gasteiger partial charge in [-0.15, -0.1) is 0 Å². The van der Waals surface area contributed by atoms with Crippen LogP contribution in [0.3, 0.4) is 0 Å². The summed E-state index contributed by atoms with van der Waals surface area (Å²) >= 11 is 0. The van der Waals surface area contributed by atoms with Crippen LogP contribution in [-0.4, -0.2) is 16.5 Å². The molecule has 0 aromatic carbocycles. The van der Waals surface area contributed by atoms with Crippen molar-refractivity contribution in [3.63, 3.8) is 0 Å². The zero-order valence-electron chi connectivity index (χ0n) is 10.7. The first-order valence-electron chi connectivity index (χ1n) is 6.52. The van der Waals surface area contributed by atoms with Gasteiger partial charge in [-0.2, -0.15) is 0 Å². The highest BCUT2D eigenvalue weighted by Crippen LogP contribution is 2.33. The average molecular weight is 234 g/mol. The second-order valence-electron chi connectivity index (χ2n) is 5.19. The van der Waals surface area contributed by atoms with Crippen LogP contribution in [0.4, 0.5) is 11.6 Å². The maximum atomic E-state index is 5.89. The van der Waals surface area contributed by atoms with Gasteiger partial charge in [0.15, 0.2) is 0 Å². The average Bonchev–Trinajstić information content (AvgIpc) is 3.07. The van der Waals surface area contributed by atoms with Crippen LogP contribution in [-0.2, 0) is 0 Å². The fourth-order valence-corrected chi connectivity index (χ4v) is 2.12. The van der Waals surface area contributed by atoms with Gasteiger partial charge in [-0.05, 0) is 24.7 Å². The van der Waals surface area contributed by atoms with E-state index in [9.17, 15) is 0 Å². The fourth-order valence-electron chi connectivity index (χ4n) is 2.12. The van der Waals surface area contributed by atoms with E-state index >= 15 is 0 Å². The van der Waals surface area contributed by atoms with Gasteiger partial charge >= 0.3 is 0 Å². The van der Waals surface area contributed by atoms with Crippen molar-refractivity contribution in [2.45, 2.75) is 45.4 Å². The minimum Gasteiger partial charge on any atom is -0.383 e. The fraction of sp³-hybridized carbons (Fsp3) is 0.692. The molecule has 0 atom stereocenters. The Morgan fingerprint density at radius 3 is 2.82 bits per heavy atom. The molecule has 0 bridgehead atoms. The highest BCUT2D eigenvalue weighted by Gasteiger charge is 2.20. The lowest BCUT2D eigenvalue weighted by atomic mass is 10.0. The summed E-state index contributed by atoms with van der Waals surface area (Å²) in [6.45, 7) is 5.21. The molecule has 94 valence electrons. The molecule has 4 heteroatoms. The van der Waals surface area contributed by atoms with E-state index in [-0.39, 0.29) is 0 Å². The van der Waals surface area contributed by atoms with Crippen LogP contribution in [0, 0.1) is 5.92 Å². The summed E-state index contributed by atoms with van der Waals surface area (Å²) in [5.41, 5.74) is 6.93. The first kappa shape index (κ1) is 12.1. The van der Waals surface area contributed by atoms with Gasteiger partial charge in [0.25, 0.3) is 0 Å². The van der Waals surface area contributed by atoms with E-state index in [0.717, 1.165) is 23.8 Å². The third-order valence-corrected chi connectivity index (χ3v) is 3.27. The number of aromatic nitrogens is 2. The van der Waals surface area contributed by atoms with Crippen LogP contribution in [0.2, 0.25) is 0 Å². The molecule has 17 heavy (non-hydrogen) atoms. The molecule has 1 saturated carbocycles. The lowest BCUT2D eigenvalue weighted by molar-refractivity contribution is 0.685.